The van der Waals surface area contributed by atoms with Crippen LogP contribution in [0.15, 0.2) is 84.5 Å². The maximum absolute atomic E-state index is 10.8. The van der Waals surface area contributed by atoms with E-state index in [0.29, 0.717) is 6.54 Å². The van der Waals surface area contributed by atoms with Gasteiger partial charge in [-0.1, -0.05) is 54.2 Å². The van der Waals surface area contributed by atoms with Crippen molar-refractivity contribution in [3.05, 3.63) is 106 Å². The molecule has 0 aromatic heterocycles. The summed E-state index contributed by atoms with van der Waals surface area (Å²) in [4.78, 5) is 10.4. The van der Waals surface area contributed by atoms with Crippen LogP contribution in [-0.4, -0.2) is 18.6 Å². The highest BCUT2D eigenvalue weighted by atomic mass is 16.6. The Hall–Kier alpha value is -3.44. The first-order valence-electron chi connectivity index (χ1n) is 8.85. The molecule has 0 heterocycles. The van der Waals surface area contributed by atoms with Crippen LogP contribution in [0.3, 0.4) is 0 Å². The Morgan fingerprint density at radius 1 is 1.11 bits per heavy atom. The molecule has 5 heteroatoms. The number of benzene rings is 2. The van der Waals surface area contributed by atoms with E-state index >= 15 is 0 Å². The zero-order valence-electron chi connectivity index (χ0n) is 16.0. The zero-order valence-corrected chi connectivity index (χ0v) is 16.0. The molecule has 0 bridgehead atoms. The first kappa shape index (κ1) is 20.9. The van der Waals surface area contributed by atoms with Crippen LogP contribution in [0.5, 0.6) is 5.75 Å². The topological polar surface area (TPSA) is 78.4 Å². The SMILES string of the molecule is COc1ccc(C(=C\C=C\C(C)=C\CN)/C=C/c2ccc([N+](=O)[O-])cc2)cc1. The molecule has 0 unspecified atom stereocenters. The van der Waals surface area contributed by atoms with Crippen LogP contribution in [-0.2, 0) is 0 Å². The highest BCUT2D eigenvalue weighted by molar-refractivity contribution is 5.80. The molecule has 5 nitrogen and oxygen atoms in total. The van der Waals surface area contributed by atoms with Gasteiger partial charge in [-0.05, 0) is 47.9 Å². The first-order valence-corrected chi connectivity index (χ1v) is 8.85. The number of nitrogens with zero attached hydrogens (tertiary/aromatic N) is 1. The van der Waals surface area contributed by atoms with E-state index in [-0.39, 0.29) is 5.69 Å². The van der Waals surface area contributed by atoms with Gasteiger partial charge in [-0.3, -0.25) is 10.1 Å². The van der Waals surface area contributed by atoms with E-state index in [1.807, 2.05) is 67.6 Å². The standard InChI is InChI=1S/C23H24N2O3/c1-18(16-17-24)4-3-5-20(21-10-14-23(28-2)15-11-21)9-6-19-7-12-22(13-8-19)25(26)27/h3-16H,17,24H2,1-2H3/b4-3+,9-6+,18-16+,20-5-. The van der Waals surface area contributed by atoms with Crippen molar-refractivity contribution in [1.29, 1.82) is 0 Å². The molecule has 0 radical (unpaired) electrons. The summed E-state index contributed by atoms with van der Waals surface area (Å²) in [6.07, 6.45) is 11.8. The number of nitro groups is 1. The van der Waals surface area contributed by atoms with E-state index in [1.165, 1.54) is 12.1 Å². The molecule has 28 heavy (non-hydrogen) atoms. The van der Waals surface area contributed by atoms with E-state index in [2.05, 4.69) is 0 Å². The summed E-state index contributed by atoms with van der Waals surface area (Å²) in [6, 6.07) is 14.2. The van der Waals surface area contributed by atoms with Crippen molar-refractivity contribution >= 4 is 17.3 Å². The Morgan fingerprint density at radius 2 is 1.79 bits per heavy atom. The molecule has 2 aromatic carbocycles. The van der Waals surface area contributed by atoms with E-state index in [4.69, 9.17) is 10.5 Å². The molecule has 144 valence electrons. The Morgan fingerprint density at radius 3 is 2.36 bits per heavy atom. The van der Waals surface area contributed by atoms with Crippen LogP contribution in [0.2, 0.25) is 0 Å². The molecule has 0 fully saturated rings. The van der Waals surface area contributed by atoms with Crippen molar-refractivity contribution in [3.63, 3.8) is 0 Å². The summed E-state index contributed by atoms with van der Waals surface area (Å²) in [7, 11) is 1.63. The van der Waals surface area contributed by atoms with Crippen LogP contribution < -0.4 is 10.5 Å². The van der Waals surface area contributed by atoms with Crippen LogP contribution in [0.4, 0.5) is 5.69 Å². The number of nitro benzene ring substituents is 1. The molecule has 0 aliphatic rings. The average Bonchev–Trinajstić information content (AvgIpc) is 2.71. The molecule has 2 aromatic rings. The van der Waals surface area contributed by atoms with Gasteiger partial charge in [0.05, 0.1) is 12.0 Å². The normalized spacial score (nSPS) is 12.7. The highest BCUT2D eigenvalue weighted by Crippen LogP contribution is 2.22. The van der Waals surface area contributed by atoms with Gasteiger partial charge in [0.15, 0.2) is 0 Å². The first-order chi connectivity index (χ1) is 13.5. The highest BCUT2D eigenvalue weighted by Gasteiger charge is 2.03. The average molecular weight is 376 g/mol. The van der Waals surface area contributed by atoms with Gasteiger partial charge in [-0.15, -0.1) is 0 Å². The fraction of sp³-hybridized carbons (Fsp3) is 0.130. The van der Waals surface area contributed by atoms with Gasteiger partial charge in [-0.25, -0.2) is 0 Å². The Labute approximate surface area is 165 Å². The fourth-order valence-electron chi connectivity index (χ4n) is 2.48. The van der Waals surface area contributed by atoms with Gasteiger partial charge < -0.3 is 10.5 Å². The van der Waals surface area contributed by atoms with Crippen molar-refractivity contribution in [2.45, 2.75) is 6.92 Å². The quantitative estimate of drug-likeness (QED) is 0.392. The predicted octanol–water partition coefficient (Wildman–Crippen LogP) is 5.16. The van der Waals surface area contributed by atoms with Crippen molar-refractivity contribution in [1.82, 2.24) is 0 Å². The molecule has 0 saturated heterocycles. The van der Waals surface area contributed by atoms with Crippen LogP contribution in [0.25, 0.3) is 11.6 Å². The maximum Gasteiger partial charge on any atom is 0.269 e. The molecule has 2 rings (SSSR count). The second kappa shape index (κ2) is 10.6. The molecule has 0 aliphatic heterocycles. The van der Waals surface area contributed by atoms with E-state index in [0.717, 1.165) is 28.0 Å². The van der Waals surface area contributed by atoms with Crippen molar-refractivity contribution in [2.75, 3.05) is 13.7 Å². The number of rotatable bonds is 8. The van der Waals surface area contributed by atoms with Gasteiger partial charge >= 0.3 is 0 Å². The minimum Gasteiger partial charge on any atom is -0.497 e. The minimum atomic E-state index is -0.405. The van der Waals surface area contributed by atoms with E-state index in [1.54, 1.807) is 19.2 Å². The fourth-order valence-corrected chi connectivity index (χ4v) is 2.48. The molecule has 2 N–H and O–H groups in total. The molecule has 0 saturated carbocycles. The number of nitrogens with two attached hydrogens (primary N) is 1. The number of ether oxygens (including phenoxy) is 1. The minimum absolute atomic E-state index is 0.0770. The Bertz CT molecular complexity index is 906. The molecule has 0 spiro atoms. The summed E-state index contributed by atoms with van der Waals surface area (Å²) >= 11 is 0. The summed E-state index contributed by atoms with van der Waals surface area (Å²) in [5.41, 5.74) is 9.61. The lowest BCUT2D eigenvalue weighted by atomic mass is 10.0. The third-order valence-electron chi connectivity index (χ3n) is 4.06. The third kappa shape index (κ3) is 6.37. The third-order valence-corrected chi connectivity index (χ3v) is 4.06. The van der Waals surface area contributed by atoms with Gasteiger partial charge in [-0.2, -0.15) is 0 Å². The Kier molecular flexibility index (Phi) is 7.93. The van der Waals surface area contributed by atoms with Crippen molar-refractivity contribution < 1.29 is 9.66 Å². The number of non-ortho nitro benzene ring substituents is 1. The number of hydrogen-bond donors (Lipinski definition) is 1. The lowest BCUT2D eigenvalue weighted by Gasteiger charge is -2.05. The van der Waals surface area contributed by atoms with Gasteiger partial charge in [0.2, 0.25) is 0 Å². The number of methoxy groups -OCH3 is 1. The molecule has 0 atom stereocenters. The van der Waals surface area contributed by atoms with Gasteiger partial charge in [0.1, 0.15) is 5.75 Å². The number of allylic oxidation sites excluding steroid dienone is 6. The second-order valence-corrected chi connectivity index (χ2v) is 6.08. The van der Waals surface area contributed by atoms with Gasteiger partial charge in [0.25, 0.3) is 5.69 Å². The number of hydrogen-bond acceptors (Lipinski definition) is 4. The Balaban J connectivity index is 2.30. The van der Waals surface area contributed by atoms with E-state index < -0.39 is 4.92 Å². The maximum atomic E-state index is 10.8. The summed E-state index contributed by atoms with van der Waals surface area (Å²) < 4.78 is 5.22. The molecular weight excluding hydrogens is 352 g/mol. The molecule has 0 amide bonds. The summed E-state index contributed by atoms with van der Waals surface area (Å²) in [5.74, 6) is 0.791. The van der Waals surface area contributed by atoms with Crippen LogP contribution in [0, 0.1) is 10.1 Å². The van der Waals surface area contributed by atoms with Crippen LogP contribution in [0.1, 0.15) is 18.1 Å². The largest absolute Gasteiger partial charge is 0.497 e. The second-order valence-electron chi connectivity index (χ2n) is 6.08. The van der Waals surface area contributed by atoms with Crippen molar-refractivity contribution in [3.8, 4) is 5.75 Å². The molecular formula is C23H24N2O3. The summed E-state index contributed by atoms with van der Waals surface area (Å²) in [5, 5.41) is 10.8. The monoisotopic (exact) mass is 376 g/mol. The lowest BCUT2D eigenvalue weighted by Crippen LogP contribution is -1.93. The molecule has 0 aliphatic carbocycles. The summed E-state index contributed by atoms with van der Waals surface area (Å²) in [6.45, 7) is 2.50. The van der Waals surface area contributed by atoms with Gasteiger partial charge in [0, 0.05) is 18.7 Å². The van der Waals surface area contributed by atoms with E-state index in [9.17, 15) is 10.1 Å². The smallest absolute Gasteiger partial charge is 0.269 e. The van der Waals surface area contributed by atoms with Crippen LogP contribution >= 0.6 is 0 Å². The lowest BCUT2D eigenvalue weighted by molar-refractivity contribution is -0.384. The predicted molar refractivity (Wildman–Crippen MR) is 115 cm³/mol. The van der Waals surface area contributed by atoms with Crippen molar-refractivity contribution in [2.24, 2.45) is 5.73 Å². The zero-order chi connectivity index (χ0) is 20.4.